The minimum Gasteiger partial charge on any atom is -0.378 e. The van der Waals surface area contributed by atoms with E-state index in [1.165, 1.54) is 37.8 Å². The molecule has 0 unspecified atom stereocenters. The molecule has 1 saturated carbocycles. The van der Waals surface area contributed by atoms with E-state index < -0.39 is 11.7 Å². The highest BCUT2D eigenvalue weighted by molar-refractivity contribution is 5.79. The summed E-state index contributed by atoms with van der Waals surface area (Å²) in [4.78, 5) is 4.11. The van der Waals surface area contributed by atoms with Gasteiger partial charge >= 0.3 is 6.18 Å². The molecule has 140 valence electrons. The van der Waals surface area contributed by atoms with E-state index in [2.05, 4.69) is 15.6 Å². The van der Waals surface area contributed by atoms with Gasteiger partial charge in [-0.1, -0.05) is 25.0 Å². The van der Waals surface area contributed by atoms with Crippen molar-refractivity contribution < 1.29 is 17.9 Å². The van der Waals surface area contributed by atoms with Crippen LogP contribution in [0, 0.1) is 0 Å². The zero-order valence-electron chi connectivity index (χ0n) is 14.5. The molecule has 0 amide bonds. The molecule has 0 radical (unpaired) electrons. The number of nitrogens with zero attached hydrogens (tertiary/aromatic N) is 1. The van der Waals surface area contributed by atoms with Gasteiger partial charge in [-0.3, -0.25) is 4.99 Å². The predicted molar refractivity (Wildman–Crippen MR) is 92.5 cm³/mol. The lowest BCUT2D eigenvalue weighted by molar-refractivity contribution is -0.137. The number of halogens is 3. The fraction of sp³-hybridized carbons (Fsp3) is 0.611. The number of ether oxygens (including phenoxy) is 1. The zero-order chi connectivity index (χ0) is 18.1. The zero-order valence-corrected chi connectivity index (χ0v) is 14.5. The van der Waals surface area contributed by atoms with Gasteiger partial charge in [0, 0.05) is 26.7 Å². The number of nitrogens with one attached hydrogen (secondary N) is 2. The van der Waals surface area contributed by atoms with Gasteiger partial charge in [-0.05, 0) is 37.0 Å². The predicted octanol–water partition coefficient (Wildman–Crippen LogP) is 3.72. The quantitative estimate of drug-likeness (QED) is 0.444. The number of guanidine groups is 1. The van der Waals surface area contributed by atoms with Gasteiger partial charge in [-0.25, -0.2) is 0 Å². The fourth-order valence-electron chi connectivity index (χ4n) is 2.80. The third-order valence-corrected chi connectivity index (χ3v) is 4.23. The van der Waals surface area contributed by atoms with E-state index in [1.54, 1.807) is 7.05 Å². The average Bonchev–Trinajstić information content (AvgIpc) is 3.10. The van der Waals surface area contributed by atoms with Gasteiger partial charge in [0.1, 0.15) is 0 Å². The topological polar surface area (TPSA) is 45.7 Å². The molecule has 25 heavy (non-hydrogen) atoms. The number of benzene rings is 1. The SMILES string of the molecule is CN=C(NCCCOC1CCCC1)NCc1ccc(C(F)(F)F)cc1. The molecule has 1 aliphatic rings. The van der Waals surface area contributed by atoms with Crippen molar-refractivity contribution in [3.8, 4) is 0 Å². The summed E-state index contributed by atoms with van der Waals surface area (Å²) in [7, 11) is 1.66. The first kappa shape index (κ1) is 19.6. The second-order valence-corrected chi connectivity index (χ2v) is 6.18. The highest BCUT2D eigenvalue weighted by atomic mass is 19.4. The molecular formula is C18H26F3N3O. The molecule has 0 spiro atoms. The Labute approximate surface area is 146 Å². The maximum atomic E-state index is 12.5. The van der Waals surface area contributed by atoms with Crippen LogP contribution < -0.4 is 10.6 Å². The molecule has 1 fully saturated rings. The summed E-state index contributed by atoms with van der Waals surface area (Å²) >= 11 is 0. The van der Waals surface area contributed by atoms with Gasteiger partial charge in [0.15, 0.2) is 5.96 Å². The normalized spacial score (nSPS) is 16.2. The molecule has 4 nitrogen and oxygen atoms in total. The summed E-state index contributed by atoms with van der Waals surface area (Å²) in [6.45, 7) is 1.88. The molecule has 0 aliphatic heterocycles. The molecule has 0 heterocycles. The maximum absolute atomic E-state index is 12.5. The molecule has 0 atom stereocenters. The van der Waals surface area contributed by atoms with Gasteiger partial charge in [0.2, 0.25) is 0 Å². The van der Waals surface area contributed by atoms with E-state index in [0.717, 1.165) is 37.3 Å². The van der Waals surface area contributed by atoms with Gasteiger partial charge < -0.3 is 15.4 Å². The first-order valence-corrected chi connectivity index (χ1v) is 8.71. The van der Waals surface area contributed by atoms with E-state index in [1.807, 2.05) is 0 Å². The second-order valence-electron chi connectivity index (χ2n) is 6.18. The summed E-state index contributed by atoms with van der Waals surface area (Å²) in [6, 6.07) is 5.12. The Bertz CT molecular complexity index is 537. The standard InChI is InChI=1S/C18H26F3N3O/c1-22-17(23-11-4-12-25-16-5-2-3-6-16)24-13-14-7-9-15(10-8-14)18(19,20)21/h7-10,16H,2-6,11-13H2,1H3,(H2,22,23,24). The van der Waals surface area contributed by atoms with Crippen LogP contribution >= 0.6 is 0 Å². The molecule has 1 aromatic carbocycles. The van der Waals surface area contributed by atoms with Crippen LogP contribution in [0.4, 0.5) is 13.2 Å². The average molecular weight is 357 g/mol. The van der Waals surface area contributed by atoms with Gasteiger partial charge in [-0.15, -0.1) is 0 Å². The van der Waals surface area contributed by atoms with Crippen LogP contribution in [0.2, 0.25) is 0 Å². The smallest absolute Gasteiger partial charge is 0.378 e. The highest BCUT2D eigenvalue weighted by Crippen LogP contribution is 2.29. The minimum absolute atomic E-state index is 0.413. The third kappa shape index (κ3) is 6.94. The van der Waals surface area contributed by atoms with E-state index in [0.29, 0.717) is 18.6 Å². The van der Waals surface area contributed by atoms with Crippen molar-refractivity contribution in [1.29, 1.82) is 0 Å². The van der Waals surface area contributed by atoms with Crippen molar-refractivity contribution in [2.24, 2.45) is 4.99 Å². The van der Waals surface area contributed by atoms with Crippen molar-refractivity contribution in [1.82, 2.24) is 10.6 Å². The van der Waals surface area contributed by atoms with Crippen LogP contribution in [0.15, 0.2) is 29.3 Å². The second kappa shape index (κ2) is 9.65. The fourth-order valence-corrected chi connectivity index (χ4v) is 2.80. The lowest BCUT2D eigenvalue weighted by Gasteiger charge is -2.14. The van der Waals surface area contributed by atoms with Crippen molar-refractivity contribution in [3.05, 3.63) is 35.4 Å². The maximum Gasteiger partial charge on any atom is 0.416 e. The summed E-state index contributed by atoms with van der Waals surface area (Å²) in [5, 5.41) is 6.27. The van der Waals surface area contributed by atoms with Crippen LogP contribution in [0.25, 0.3) is 0 Å². The summed E-state index contributed by atoms with van der Waals surface area (Å²) in [6.07, 6.45) is 1.89. The largest absolute Gasteiger partial charge is 0.416 e. The van der Waals surface area contributed by atoms with E-state index in [9.17, 15) is 13.2 Å². The van der Waals surface area contributed by atoms with Crippen LogP contribution in [0.5, 0.6) is 0 Å². The molecule has 0 aromatic heterocycles. The van der Waals surface area contributed by atoms with Crippen LogP contribution in [0.3, 0.4) is 0 Å². The van der Waals surface area contributed by atoms with E-state index in [-0.39, 0.29) is 0 Å². The van der Waals surface area contributed by atoms with Gasteiger partial charge in [0.05, 0.1) is 11.7 Å². The Morgan fingerprint density at radius 1 is 1.16 bits per heavy atom. The van der Waals surface area contributed by atoms with Gasteiger partial charge in [-0.2, -0.15) is 13.2 Å². The Balaban J connectivity index is 1.64. The molecule has 7 heteroatoms. The first-order chi connectivity index (χ1) is 12.0. The number of hydrogen-bond acceptors (Lipinski definition) is 2. The van der Waals surface area contributed by atoms with Gasteiger partial charge in [0.25, 0.3) is 0 Å². The summed E-state index contributed by atoms with van der Waals surface area (Å²) in [5.74, 6) is 0.626. The van der Waals surface area contributed by atoms with E-state index in [4.69, 9.17) is 4.74 Å². The number of rotatable bonds is 7. The third-order valence-electron chi connectivity index (χ3n) is 4.23. The molecule has 2 N–H and O–H groups in total. The van der Waals surface area contributed by atoms with Crippen LogP contribution in [-0.4, -0.2) is 32.3 Å². The van der Waals surface area contributed by atoms with Crippen LogP contribution in [0.1, 0.15) is 43.2 Å². The Hall–Kier alpha value is -1.76. The van der Waals surface area contributed by atoms with E-state index >= 15 is 0 Å². The van der Waals surface area contributed by atoms with Crippen LogP contribution in [-0.2, 0) is 17.5 Å². The first-order valence-electron chi connectivity index (χ1n) is 8.71. The van der Waals surface area contributed by atoms with Crippen molar-refractivity contribution in [2.45, 2.75) is 50.9 Å². The molecule has 0 saturated heterocycles. The Kier molecular flexibility index (Phi) is 7.55. The number of hydrogen-bond donors (Lipinski definition) is 2. The lowest BCUT2D eigenvalue weighted by atomic mass is 10.1. The molecule has 1 aromatic rings. The minimum atomic E-state index is -4.30. The summed E-state index contributed by atoms with van der Waals surface area (Å²) < 4.78 is 43.4. The highest BCUT2D eigenvalue weighted by Gasteiger charge is 2.29. The molecule has 1 aliphatic carbocycles. The molecule has 0 bridgehead atoms. The van der Waals surface area contributed by atoms with Crippen molar-refractivity contribution in [3.63, 3.8) is 0 Å². The molecular weight excluding hydrogens is 331 g/mol. The number of alkyl halides is 3. The molecule has 2 rings (SSSR count). The monoisotopic (exact) mass is 357 g/mol. The Morgan fingerprint density at radius 2 is 1.84 bits per heavy atom. The summed E-state index contributed by atoms with van der Waals surface area (Å²) in [5.41, 5.74) is 0.126. The van der Waals surface area contributed by atoms with Crippen molar-refractivity contribution >= 4 is 5.96 Å². The van der Waals surface area contributed by atoms with Crippen molar-refractivity contribution in [2.75, 3.05) is 20.2 Å². The lowest BCUT2D eigenvalue weighted by Crippen LogP contribution is -2.37. The Morgan fingerprint density at radius 3 is 2.44 bits per heavy atom. The number of aliphatic imine (C=N–C) groups is 1.